The summed E-state index contributed by atoms with van der Waals surface area (Å²) in [5.74, 6) is 0.480. The van der Waals surface area contributed by atoms with Gasteiger partial charge in [-0.05, 0) is 36.1 Å². The zero-order valence-electron chi connectivity index (χ0n) is 19.6. The van der Waals surface area contributed by atoms with Gasteiger partial charge in [0.2, 0.25) is 0 Å². The lowest BCUT2D eigenvalue weighted by atomic mass is 9.97. The molecule has 1 saturated carbocycles. The summed E-state index contributed by atoms with van der Waals surface area (Å²) in [6, 6.07) is 16.3. The van der Waals surface area contributed by atoms with Gasteiger partial charge in [-0.15, -0.1) is 5.10 Å². The van der Waals surface area contributed by atoms with Crippen molar-refractivity contribution < 1.29 is 19.4 Å². The number of nitrogens with zero attached hydrogens (tertiary/aromatic N) is 2. The molecule has 1 saturated heterocycles. The molecular formula is C26H28ClN5O4. The number of hydrogen-bond donors (Lipinski definition) is 4. The third kappa shape index (κ3) is 4.12. The highest BCUT2D eigenvalue weighted by Gasteiger charge is 2.59. The number of aromatic nitrogens is 2. The second-order valence-electron chi connectivity index (χ2n) is 9.49. The number of urea groups is 1. The Hall–Kier alpha value is -3.11. The number of ether oxygens (including phenoxy) is 2. The first-order valence-electron chi connectivity index (χ1n) is 12.2. The van der Waals surface area contributed by atoms with Gasteiger partial charge >= 0.3 is 6.03 Å². The van der Waals surface area contributed by atoms with E-state index in [9.17, 15) is 9.90 Å². The number of nitrogens with one attached hydrogen (secondary N) is 3. The third-order valence-corrected chi connectivity index (χ3v) is 7.57. The van der Waals surface area contributed by atoms with Crippen LogP contribution in [0.25, 0.3) is 5.69 Å². The summed E-state index contributed by atoms with van der Waals surface area (Å²) >= 11 is 6.67. The summed E-state index contributed by atoms with van der Waals surface area (Å²) in [4.78, 5) is 13.2. The van der Waals surface area contributed by atoms with Gasteiger partial charge in [0.25, 0.3) is 5.88 Å². The van der Waals surface area contributed by atoms with Crippen molar-refractivity contribution in [2.24, 2.45) is 0 Å². The number of para-hydroxylation sites is 1. The number of rotatable bonds is 6. The molecule has 36 heavy (non-hydrogen) atoms. The highest BCUT2D eigenvalue weighted by atomic mass is 35.5. The maximum Gasteiger partial charge on any atom is 0.321 e. The number of carbonyl (C=O) groups is 1. The zero-order valence-corrected chi connectivity index (χ0v) is 20.4. The summed E-state index contributed by atoms with van der Waals surface area (Å²) in [6.45, 7) is 2.38. The Balaban J connectivity index is 1.24. The summed E-state index contributed by atoms with van der Waals surface area (Å²) in [5, 5.41) is 24.9. The molecule has 2 amide bonds. The molecule has 1 spiro atoms. The van der Waals surface area contributed by atoms with Crippen molar-refractivity contribution in [3.05, 3.63) is 70.7 Å². The van der Waals surface area contributed by atoms with Gasteiger partial charge in [-0.3, -0.25) is 5.32 Å². The molecular weight excluding hydrogens is 482 g/mol. The molecule has 1 aromatic heterocycles. The van der Waals surface area contributed by atoms with Gasteiger partial charge in [0.05, 0.1) is 24.4 Å². The van der Waals surface area contributed by atoms with Crippen LogP contribution >= 0.6 is 11.6 Å². The number of aliphatic hydroxyl groups is 1. The van der Waals surface area contributed by atoms with Crippen molar-refractivity contribution in [2.75, 3.05) is 31.6 Å². The largest absolute Gasteiger partial charge is 0.473 e. The number of carbonyl (C=O) groups excluding carboxylic acids is 1. The number of morpholine rings is 1. The fraction of sp³-hybridized carbons (Fsp3) is 0.385. The fourth-order valence-corrected chi connectivity index (χ4v) is 5.46. The second kappa shape index (κ2) is 9.40. The van der Waals surface area contributed by atoms with Crippen LogP contribution in [-0.4, -0.2) is 59.4 Å². The maximum absolute atomic E-state index is 13.2. The normalized spacial score (nSPS) is 23.8. The van der Waals surface area contributed by atoms with Gasteiger partial charge < -0.3 is 25.2 Å². The van der Waals surface area contributed by atoms with E-state index in [0.717, 1.165) is 30.5 Å². The van der Waals surface area contributed by atoms with Crippen molar-refractivity contribution in [3.8, 4) is 11.6 Å². The Morgan fingerprint density at radius 3 is 2.75 bits per heavy atom. The van der Waals surface area contributed by atoms with E-state index in [2.05, 4.69) is 21.0 Å². The molecule has 2 fully saturated rings. The van der Waals surface area contributed by atoms with Crippen molar-refractivity contribution in [1.82, 2.24) is 20.4 Å². The molecule has 0 bridgehead atoms. The van der Waals surface area contributed by atoms with E-state index in [1.807, 2.05) is 54.6 Å². The van der Waals surface area contributed by atoms with E-state index in [4.69, 9.17) is 21.1 Å². The second-order valence-corrected chi connectivity index (χ2v) is 9.87. The first-order valence-corrected chi connectivity index (χ1v) is 12.6. The van der Waals surface area contributed by atoms with Crippen LogP contribution in [0.4, 0.5) is 10.6 Å². The minimum absolute atomic E-state index is 0.116. The van der Waals surface area contributed by atoms with Crippen molar-refractivity contribution in [2.45, 2.75) is 36.5 Å². The number of amides is 2. The number of aliphatic hydroxyl groups excluding tert-OH is 1. The molecule has 3 atom stereocenters. The quantitative estimate of drug-likeness (QED) is 0.406. The molecule has 10 heteroatoms. The van der Waals surface area contributed by atoms with Crippen LogP contribution in [0.2, 0.25) is 5.02 Å². The minimum atomic E-state index is -0.682. The van der Waals surface area contributed by atoms with Crippen LogP contribution in [-0.2, 0) is 10.2 Å². The van der Waals surface area contributed by atoms with Gasteiger partial charge in [0.1, 0.15) is 17.7 Å². The fourth-order valence-electron chi connectivity index (χ4n) is 5.25. The molecule has 4 N–H and O–H groups in total. The molecule has 2 aromatic carbocycles. The molecule has 9 nitrogen and oxygen atoms in total. The molecule has 1 aliphatic heterocycles. The van der Waals surface area contributed by atoms with E-state index >= 15 is 0 Å². The van der Waals surface area contributed by atoms with E-state index in [1.165, 1.54) is 0 Å². The van der Waals surface area contributed by atoms with Crippen LogP contribution in [0, 0.1) is 0 Å². The van der Waals surface area contributed by atoms with Crippen molar-refractivity contribution >= 4 is 23.4 Å². The van der Waals surface area contributed by atoms with Crippen LogP contribution in [0.1, 0.15) is 30.0 Å². The highest BCUT2D eigenvalue weighted by molar-refractivity contribution is 6.34. The number of hydrogen-bond acceptors (Lipinski definition) is 6. The lowest BCUT2D eigenvalue weighted by Crippen LogP contribution is -2.41. The molecule has 2 aliphatic carbocycles. The molecule has 3 aromatic rings. The Morgan fingerprint density at radius 1 is 1.22 bits per heavy atom. The minimum Gasteiger partial charge on any atom is -0.473 e. The molecule has 188 valence electrons. The lowest BCUT2D eigenvalue weighted by Gasteiger charge is -2.23. The standard InChI is InChI=1S/C26H28ClN5O4/c27-20-23(30-25(34)29-21-18-8-4-5-9-19(18)26(10-11-26)22(21)33)32(16-6-2-1-3-7-16)31-24(20)36-15-17-14-28-12-13-35-17/h1-9,17,21-22,28,33H,10-15H2,(H2,29,30,34). The third-order valence-electron chi connectivity index (χ3n) is 7.23. The van der Waals surface area contributed by atoms with E-state index in [0.29, 0.717) is 18.8 Å². The van der Waals surface area contributed by atoms with Gasteiger partial charge in [-0.1, -0.05) is 54.1 Å². The predicted molar refractivity (Wildman–Crippen MR) is 135 cm³/mol. The summed E-state index contributed by atoms with van der Waals surface area (Å²) in [5.41, 5.74) is 2.52. The zero-order chi connectivity index (χ0) is 24.7. The summed E-state index contributed by atoms with van der Waals surface area (Å²) in [6.07, 6.45) is 1.03. The van der Waals surface area contributed by atoms with Crippen LogP contribution < -0.4 is 20.7 Å². The molecule has 2 heterocycles. The number of fused-ring (bicyclic) bond motifs is 2. The Bertz CT molecular complexity index is 1260. The van der Waals surface area contributed by atoms with Crippen LogP contribution in [0.3, 0.4) is 0 Å². The van der Waals surface area contributed by atoms with E-state index < -0.39 is 18.2 Å². The highest BCUT2D eigenvalue weighted by Crippen LogP contribution is 2.59. The van der Waals surface area contributed by atoms with Gasteiger partial charge in [-0.25, -0.2) is 9.48 Å². The number of benzene rings is 2. The summed E-state index contributed by atoms with van der Waals surface area (Å²) in [7, 11) is 0. The monoisotopic (exact) mass is 509 g/mol. The number of halogens is 1. The van der Waals surface area contributed by atoms with Crippen LogP contribution in [0.15, 0.2) is 54.6 Å². The molecule has 3 unspecified atom stereocenters. The SMILES string of the molecule is O=C(Nc1c(Cl)c(OCC2CNCCO2)nn1-c1ccccc1)NC1c2ccccc2C2(CC2)C1O. The average Bonchev–Trinajstić information content (AvgIpc) is 3.63. The Labute approximate surface area is 213 Å². The topological polar surface area (TPSA) is 110 Å². The summed E-state index contributed by atoms with van der Waals surface area (Å²) < 4.78 is 13.1. The van der Waals surface area contributed by atoms with Gasteiger partial charge in [-0.2, -0.15) is 0 Å². The first kappa shape index (κ1) is 23.3. The average molecular weight is 510 g/mol. The Kier molecular flexibility index (Phi) is 6.08. The van der Waals surface area contributed by atoms with E-state index in [-0.39, 0.29) is 34.8 Å². The van der Waals surface area contributed by atoms with Gasteiger partial charge in [0, 0.05) is 18.5 Å². The molecule has 0 radical (unpaired) electrons. The first-order chi connectivity index (χ1) is 17.6. The van der Waals surface area contributed by atoms with E-state index in [1.54, 1.807) is 4.68 Å². The molecule has 3 aliphatic rings. The number of anilines is 1. The Morgan fingerprint density at radius 2 is 2.00 bits per heavy atom. The predicted octanol–water partition coefficient (Wildman–Crippen LogP) is 3.16. The van der Waals surface area contributed by atoms with Crippen LogP contribution in [0.5, 0.6) is 5.88 Å². The maximum atomic E-state index is 13.2. The van der Waals surface area contributed by atoms with Crippen molar-refractivity contribution in [3.63, 3.8) is 0 Å². The molecule has 6 rings (SSSR count). The lowest BCUT2D eigenvalue weighted by molar-refractivity contribution is -0.000787. The van der Waals surface area contributed by atoms with Gasteiger partial charge in [0.15, 0.2) is 5.82 Å². The van der Waals surface area contributed by atoms with Crippen molar-refractivity contribution in [1.29, 1.82) is 0 Å². The smallest absolute Gasteiger partial charge is 0.321 e.